The minimum absolute atomic E-state index is 0.0702. The molecule has 0 saturated carbocycles. The van der Waals surface area contributed by atoms with Crippen molar-refractivity contribution in [2.24, 2.45) is 5.92 Å². The maximum absolute atomic E-state index is 6.24. The van der Waals surface area contributed by atoms with Crippen molar-refractivity contribution in [3.63, 3.8) is 0 Å². The molecule has 2 aromatic rings. The largest absolute Gasteiger partial charge is 0.490 e. The second kappa shape index (κ2) is 7.14. The maximum atomic E-state index is 6.24. The van der Waals surface area contributed by atoms with E-state index < -0.39 is 0 Å². The minimum atomic E-state index is 0.0702. The predicted molar refractivity (Wildman–Crippen MR) is 93.6 cm³/mol. The number of aromatic nitrogens is 1. The number of piperidine rings is 1. The van der Waals surface area contributed by atoms with Gasteiger partial charge in [-0.3, -0.25) is 4.98 Å². The van der Waals surface area contributed by atoms with E-state index in [-0.39, 0.29) is 11.6 Å². The molecule has 3 rings (SSSR count). The molecule has 1 N–H and O–H groups in total. The number of nitrogens with one attached hydrogen (secondary N) is 1. The zero-order chi connectivity index (χ0) is 16.1. The molecule has 0 amide bonds. The molecule has 2 unspecified atom stereocenters. The molecule has 0 aliphatic carbocycles. The molecule has 3 heteroatoms. The first-order valence-corrected chi connectivity index (χ1v) is 8.54. The number of ether oxygens (including phenoxy) is 1. The lowest BCUT2D eigenvalue weighted by molar-refractivity contribution is 0.0707. The van der Waals surface area contributed by atoms with E-state index in [1.807, 2.05) is 48.8 Å². The van der Waals surface area contributed by atoms with Gasteiger partial charge < -0.3 is 10.1 Å². The Morgan fingerprint density at radius 1 is 1.22 bits per heavy atom. The average Bonchev–Trinajstić information content (AvgIpc) is 2.57. The molecule has 122 valence electrons. The minimum Gasteiger partial charge on any atom is -0.490 e. The van der Waals surface area contributed by atoms with Crippen molar-refractivity contribution in [1.82, 2.24) is 10.3 Å². The Hall–Kier alpha value is -1.87. The first-order chi connectivity index (χ1) is 11.2. The number of hydrogen-bond donors (Lipinski definition) is 1. The van der Waals surface area contributed by atoms with Crippen LogP contribution < -0.4 is 10.1 Å². The van der Waals surface area contributed by atoms with Crippen LogP contribution in [0.25, 0.3) is 0 Å². The SMILES string of the molecule is CC(C)C1(Cc2cccnc2)CC(Oc2ccccc2)CCN1. The van der Waals surface area contributed by atoms with E-state index in [1.165, 1.54) is 5.56 Å². The first kappa shape index (κ1) is 16.0. The van der Waals surface area contributed by atoms with Crippen LogP contribution in [-0.4, -0.2) is 23.2 Å². The Kier molecular flexibility index (Phi) is 4.97. The molecule has 1 aromatic carbocycles. The van der Waals surface area contributed by atoms with E-state index in [2.05, 4.69) is 30.2 Å². The average molecular weight is 310 g/mol. The number of nitrogens with zero attached hydrogens (tertiary/aromatic N) is 1. The van der Waals surface area contributed by atoms with Gasteiger partial charge in [0.2, 0.25) is 0 Å². The third kappa shape index (κ3) is 3.91. The topological polar surface area (TPSA) is 34.1 Å². The lowest BCUT2D eigenvalue weighted by Gasteiger charge is -2.45. The van der Waals surface area contributed by atoms with E-state index in [1.54, 1.807) is 0 Å². The van der Waals surface area contributed by atoms with Crippen molar-refractivity contribution in [1.29, 1.82) is 0 Å². The van der Waals surface area contributed by atoms with Gasteiger partial charge >= 0.3 is 0 Å². The van der Waals surface area contributed by atoms with Gasteiger partial charge in [0.05, 0.1) is 0 Å². The third-order valence-electron chi connectivity index (χ3n) is 4.93. The summed E-state index contributed by atoms with van der Waals surface area (Å²) in [5.74, 6) is 1.50. The van der Waals surface area contributed by atoms with Crippen molar-refractivity contribution in [3.8, 4) is 5.75 Å². The van der Waals surface area contributed by atoms with Gasteiger partial charge in [-0.2, -0.15) is 0 Å². The molecular formula is C20H26N2O. The van der Waals surface area contributed by atoms with Crippen LogP contribution >= 0.6 is 0 Å². The normalized spacial score (nSPS) is 24.6. The van der Waals surface area contributed by atoms with Gasteiger partial charge in [0.25, 0.3) is 0 Å². The van der Waals surface area contributed by atoms with Gasteiger partial charge in [-0.15, -0.1) is 0 Å². The Bertz CT molecular complexity index is 600. The summed E-state index contributed by atoms with van der Waals surface area (Å²) in [6.07, 6.45) is 7.14. The lowest BCUT2D eigenvalue weighted by Crippen LogP contribution is -2.58. The maximum Gasteiger partial charge on any atom is 0.119 e. The molecule has 0 bridgehead atoms. The Morgan fingerprint density at radius 2 is 2.04 bits per heavy atom. The Labute approximate surface area is 139 Å². The number of pyridine rings is 1. The van der Waals surface area contributed by atoms with E-state index in [4.69, 9.17) is 4.74 Å². The third-order valence-corrected chi connectivity index (χ3v) is 4.93. The Balaban J connectivity index is 1.74. The summed E-state index contributed by atoms with van der Waals surface area (Å²) in [4.78, 5) is 4.27. The highest BCUT2D eigenvalue weighted by molar-refractivity contribution is 5.22. The van der Waals surface area contributed by atoms with Crippen molar-refractivity contribution in [3.05, 3.63) is 60.4 Å². The lowest BCUT2D eigenvalue weighted by atomic mass is 9.74. The summed E-state index contributed by atoms with van der Waals surface area (Å²) in [5, 5.41) is 3.79. The van der Waals surface area contributed by atoms with Crippen LogP contribution in [0.3, 0.4) is 0 Å². The molecule has 2 heterocycles. The Morgan fingerprint density at radius 3 is 2.74 bits per heavy atom. The first-order valence-electron chi connectivity index (χ1n) is 8.54. The van der Waals surface area contributed by atoms with Crippen molar-refractivity contribution >= 4 is 0 Å². The molecule has 1 aromatic heterocycles. The zero-order valence-corrected chi connectivity index (χ0v) is 14.0. The highest BCUT2D eigenvalue weighted by Gasteiger charge is 2.39. The molecule has 3 nitrogen and oxygen atoms in total. The van der Waals surface area contributed by atoms with Gasteiger partial charge in [0.1, 0.15) is 11.9 Å². The number of benzene rings is 1. The van der Waals surface area contributed by atoms with Gasteiger partial charge in [-0.05, 0) is 49.1 Å². The van der Waals surface area contributed by atoms with E-state index >= 15 is 0 Å². The molecule has 23 heavy (non-hydrogen) atoms. The number of para-hydroxylation sites is 1. The van der Waals surface area contributed by atoms with Crippen molar-refractivity contribution in [2.75, 3.05) is 6.54 Å². The van der Waals surface area contributed by atoms with Gasteiger partial charge in [-0.1, -0.05) is 38.1 Å². The molecule has 0 radical (unpaired) electrons. The van der Waals surface area contributed by atoms with Gasteiger partial charge in [0.15, 0.2) is 0 Å². The van der Waals surface area contributed by atoms with E-state index in [0.717, 1.165) is 31.6 Å². The summed E-state index contributed by atoms with van der Waals surface area (Å²) in [7, 11) is 0. The molecule has 1 aliphatic rings. The van der Waals surface area contributed by atoms with Crippen LogP contribution in [0.4, 0.5) is 0 Å². The summed E-state index contributed by atoms with van der Waals surface area (Å²) in [6, 6.07) is 14.4. The smallest absolute Gasteiger partial charge is 0.119 e. The van der Waals surface area contributed by atoms with Crippen molar-refractivity contribution < 1.29 is 4.74 Å². The monoisotopic (exact) mass is 310 g/mol. The fourth-order valence-corrected chi connectivity index (χ4v) is 3.50. The van der Waals surface area contributed by atoms with Crippen LogP contribution in [0.1, 0.15) is 32.3 Å². The van der Waals surface area contributed by atoms with Crippen LogP contribution in [0.5, 0.6) is 5.75 Å². The number of rotatable bonds is 5. The standard InChI is InChI=1S/C20H26N2O/c1-16(2)20(13-17-7-6-11-21-15-17)14-19(10-12-22-20)23-18-8-4-3-5-9-18/h3-9,11,15-16,19,22H,10,12-14H2,1-2H3. The van der Waals surface area contributed by atoms with Crippen molar-refractivity contribution in [2.45, 2.75) is 44.8 Å². The second-order valence-corrected chi connectivity index (χ2v) is 6.82. The summed E-state index contributed by atoms with van der Waals surface area (Å²) in [5.41, 5.74) is 1.36. The predicted octanol–water partition coefficient (Wildman–Crippen LogP) is 3.85. The van der Waals surface area contributed by atoms with Gasteiger partial charge in [-0.25, -0.2) is 0 Å². The highest BCUT2D eigenvalue weighted by Crippen LogP contribution is 2.32. The van der Waals surface area contributed by atoms with Gasteiger partial charge in [0, 0.05) is 24.4 Å². The summed E-state index contributed by atoms with van der Waals surface area (Å²) in [6.45, 7) is 5.60. The highest BCUT2D eigenvalue weighted by atomic mass is 16.5. The van der Waals surface area contributed by atoms with E-state index in [0.29, 0.717) is 5.92 Å². The molecule has 1 fully saturated rings. The van der Waals surface area contributed by atoms with Crippen LogP contribution in [0, 0.1) is 5.92 Å². The van der Waals surface area contributed by atoms with E-state index in [9.17, 15) is 0 Å². The fraction of sp³-hybridized carbons (Fsp3) is 0.450. The molecule has 1 saturated heterocycles. The molecule has 2 atom stereocenters. The molecule has 0 spiro atoms. The fourth-order valence-electron chi connectivity index (χ4n) is 3.50. The van der Waals surface area contributed by atoms with Crippen LogP contribution in [0.15, 0.2) is 54.9 Å². The molecule has 1 aliphatic heterocycles. The number of hydrogen-bond acceptors (Lipinski definition) is 3. The quantitative estimate of drug-likeness (QED) is 0.911. The summed E-state index contributed by atoms with van der Waals surface area (Å²) < 4.78 is 6.24. The van der Waals surface area contributed by atoms with Crippen LogP contribution in [-0.2, 0) is 6.42 Å². The van der Waals surface area contributed by atoms with Crippen LogP contribution in [0.2, 0.25) is 0 Å². The molecular weight excluding hydrogens is 284 g/mol. The zero-order valence-electron chi connectivity index (χ0n) is 14.0. The second-order valence-electron chi connectivity index (χ2n) is 6.82. The summed E-state index contributed by atoms with van der Waals surface area (Å²) >= 11 is 0.